The van der Waals surface area contributed by atoms with E-state index < -0.39 is 0 Å². The maximum atomic E-state index is 5.99. The third kappa shape index (κ3) is 2.36. The molecular formula is C12H16N2S. The maximum Gasteiger partial charge on any atom is 0.0956 e. The SMILES string of the molecule is Cc1cccc2sc(CC(C)(C)N)nc12. The molecule has 0 saturated carbocycles. The molecule has 1 aromatic heterocycles. The highest BCUT2D eigenvalue weighted by Gasteiger charge is 2.15. The van der Waals surface area contributed by atoms with Gasteiger partial charge in [-0.3, -0.25) is 0 Å². The quantitative estimate of drug-likeness (QED) is 0.845. The van der Waals surface area contributed by atoms with E-state index in [0.717, 1.165) is 16.9 Å². The van der Waals surface area contributed by atoms with Crippen molar-refractivity contribution in [3.63, 3.8) is 0 Å². The van der Waals surface area contributed by atoms with Crippen LogP contribution in [0.15, 0.2) is 18.2 Å². The summed E-state index contributed by atoms with van der Waals surface area (Å²) in [6.45, 7) is 6.16. The Balaban J connectivity index is 2.44. The summed E-state index contributed by atoms with van der Waals surface area (Å²) in [7, 11) is 0. The zero-order valence-corrected chi connectivity index (χ0v) is 10.2. The Hall–Kier alpha value is -0.930. The molecule has 2 nitrogen and oxygen atoms in total. The van der Waals surface area contributed by atoms with Gasteiger partial charge in [-0.15, -0.1) is 11.3 Å². The number of hydrogen-bond donors (Lipinski definition) is 1. The van der Waals surface area contributed by atoms with Crippen molar-refractivity contribution in [1.29, 1.82) is 0 Å². The van der Waals surface area contributed by atoms with Crippen LogP contribution in [0, 0.1) is 6.92 Å². The molecule has 0 atom stereocenters. The molecule has 0 spiro atoms. The van der Waals surface area contributed by atoms with E-state index >= 15 is 0 Å². The van der Waals surface area contributed by atoms with Crippen LogP contribution in [0.2, 0.25) is 0 Å². The fraction of sp³-hybridized carbons (Fsp3) is 0.417. The second-order valence-electron chi connectivity index (χ2n) is 4.69. The van der Waals surface area contributed by atoms with E-state index in [-0.39, 0.29) is 5.54 Å². The average Bonchev–Trinajstić information content (AvgIpc) is 2.45. The highest BCUT2D eigenvalue weighted by atomic mass is 32.1. The van der Waals surface area contributed by atoms with Crippen molar-refractivity contribution in [1.82, 2.24) is 4.98 Å². The summed E-state index contributed by atoms with van der Waals surface area (Å²) in [5.41, 5.74) is 8.18. The van der Waals surface area contributed by atoms with Crippen molar-refractivity contribution in [2.75, 3.05) is 0 Å². The first-order valence-electron chi connectivity index (χ1n) is 5.10. The Morgan fingerprint density at radius 1 is 1.40 bits per heavy atom. The number of nitrogens with zero attached hydrogens (tertiary/aromatic N) is 1. The third-order valence-electron chi connectivity index (χ3n) is 2.27. The van der Waals surface area contributed by atoms with Crippen LogP contribution in [-0.2, 0) is 6.42 Å². The number of nitrogens with two attached hydrogens (primary N) is 1. The molecule has 0 radical (unpaired) electrons. The summed E-state index contributed by atoms with van der Waals surface area (Å²) in [4.78, 5) is 4.64. The van der Waals surface area contributed by atoms with Crippen LogP contribution in [0.4, 0.5) is 0 Å². The lowest BCUT2D eigenvalue weighted by Crippen LogP contribution is -2.34. The van der Waals surface area contributed by atoms with Gasteiger partial charge in [-0.1, -0.05) is 12.1 Å². The Labute approximate surface area is 94.1 Å². The summed E-state index contributed by atoms with van der Waals surface area (Å²) in [5.74, 6) is 0. The van der Waals surface area contributed by atoms with Crippen molar-refractivity contribution in [2.45, 2.75) is 32.7 Å². The van der Waals surface area contributed by atoms with E-state index in [2.05, 4.69) is 30.1 Å². The fourth-order valence-corrected chi connectivity index (χ4v) is 2.88. The molecule has 1 heterocycles. The largest absolute Gasteiger partial charge is 0.325 e. The molecule has 0 fully saturated rings. The molecule has 80 valence electrons. The minimum Gasteiger partial charge on any atom is -0.325 e. The first-order chi connectivity index (χ1) is 6.96. The molecule has 0 bridgehead atoms. The normalized spacial score (nSPS) is 12.3. The molecule has 0 aliphatic carbocycles. The average molecular weight is 220 g/mol. The van der Waals surface area contributed by atoms with Crippen LogP contribution >= 0.6 is 11.3 Å². The zero-order chi connectivity index (χ0) is 11.1. The summed E-state index contributed by atoms with van der Waals surface area (Å²) >= 11 is 1.75. The van der Waals surface area contributed by atoms with Crippen LogP contribution in [0.1, 0.15) is 24.4 Å². The van der Waals surface area contributed by atoms with Gasteiger partial charge in [-0.25, -0.2) is 4.98 Å². The Kier molecular flexibility index (Phi) is 2.52. The van der Waals surface area contributed by atoms with E-state index in [1.165, 1.54) is 10.3 Å². The van der Waals surface area contributed by atoms with Crippen LogP contribution in [-0.4, -0.2) is 10.5 Å². The Morgan fingerprint density at radius 2 is 2.13 bits per heavy atom. The van der Waals surface area contributed by atoms with Gasteiger partial charge in [0, 0.05) is 12.0 Å². The second-order valence-corrected chi connectivity index (χ2v) is 5.81. The lowest BCUT2D eigenvalue weighted by molar-refractivity contribution is 0.516. The first-order valence-corrected chi connectivity index (χ1v) is 5.91. The zero-order valence-electron chi connectivity index (χ0n) is 9.37. The Bertz CT molecular complexity index is 480. The van der Waals surface area contributed by atoms with Gasteiger partial charge in [-0.05, 0) is 32.4 Å². The molecule has 2 rings (SSSR count). The number of aryl methyl sites for hydroxylation is 1. The van der Waals surface area contributed by atoms with Gasteiger partial charge < -0.3 is 5.73 Å². The molecule has 1 aromatic carbocycles. The molecule has 0 aliphatic rings. The van der Waals surface area contributed by atoms with Crippen LogP contribution in [0.25, 0.3) is 10.2 Å². The van der Waals surface area contributed by atoms with E-state index in [1.807, 2.05) is 13.8 Å². The topological polar surface area (TPSA) is 38.9 Å². The highest BCUT2D eigenvalue weighted by Crippen LogP contribution is 2.26. The molecule has 0 unspecified atom stereocenters. The number of fused-ring (bicyclic) bond motifs is 1. The van der Waals surface area contributed by atoms with Crippen molar-refractivity contribution in [3.8, 4) is 0 Å². The number of benzene rings is 1. The number of aromatic nitrogens is 1. The van der Waals surface area contributed by atoms with Gasteiger partial charge >= 0.3 is 0 Å². The summed E-state index contributed by atoms with van der Waals surface area (Å²) in [5, 5.41) is 1.13. The minimum absolute atomic E-state index is 0.179. The molecule has 0 amide bonds. The minimum atomic E-state index is -0.179. The van der Waals surface area contributed by atoms with Crippen LogP contribution < -0.4 is 5.73 Å². The van der Waals surface area contributed by atoms with E-state index in [9.17, 15) is 0 Å². The van der Waals surface area contributed by atoms with Crippen molar-refractivity contribution in [3.05, 3.63) is 28.8 Å². The molecule has 0 aliphatic heterocycles. The predicted molar refractivity (Wildman–Crippen MR) is 66.3 cm³/mol. The number of hydrogen-bond acceptors (Lipinski definition) is 3. The van der Waals surface area contributed by atoms with E-state index in [1.54, 1.807) is 11.3 Å². The number of thiazole rings is 1. The highest BCUT2D eigenvalue weighted by molar-refractivity contribution is 7.18. The maximum absolute atomic E-state index is 5.99. The lowest BCUT2D eigenvalue weighted by Gasteiger charge is -2.15. The van der Waals surface area contributed by atoms with Crippen molar-refractivity contribution < 1.29 is 0 Å². The predicted octanol–water partition coefficient (Wildman–Crippen LogP) is 2.88. The number of para-hydroxylation sites is 1. The summed E-state index contributed by atoms with van der Waals surface area (Å²) < 4.78 is 1.26. The molecule has 2 aromatic rings. The summed E-state index contributed by atoms with van der Waals surface area (Å²) in [6.07, 6.45) is 0.839. The summed E-state index contributed by atoms with van der Waals surface area (Å²) in [6, 6.07) is 6.29. The van der Waals surface area contributed by atoms with E-state index in [4.69, 9.17) is 5.73 Å². The van der Waals surface area contributed by atoms with Gasteiger partial charge in [0.1, 0.15) is 0 Å². The molecule has 15 heavy (non-hydrogen) atoms. The first kappa shape index (κ1) is 10.6. The standard InChI is InChI=1S/C12H16N2S/c1-8-5-4-6-9-11(8)14-10(15-9)7-12(2,3)13/h4-6H,7,13H2,1-3H3. The molecular weight excluding hydrogens is 204 g/mol. The molecule has 0 saturated heterocycles. The monoisotopic (exact) mass is 220 g/mol. The van der Waals surface area contributed by atoms with Gasteiger partial charge in [0.2, 0.25) is 0 Å². The molecule has 3 heteroatoms. The van der Waals surface area contributed by atoms with Crippen molar-refractivity contribution >= 4 is 21.6 Å². The van der Waals surface area contributed by atoms with Crippen LogP contribution in [0.5, 0.6) is 0 Å². The van der Waals surface area contributed by atoms with Gasteiger partial charge in [0.25, 0.3) is 0 Å². The van der Waals surface area contributed by atoms with Crippen LogP contribution in [0.3, 0.4) is 0 Å². The third-order valence-corrected chi connectivity index (χ3v) is 3.29. The van der Waals surface area contributed by atoms with Gasteiger partial charge in [-0.2, -0.15) is 0 Å². The fourth-order valence-electron chi connectivity index (χ4n) is 1.60. The van der Waals surface area contributed by atoms with Gasteiger partial charge in [0.15, 0.2) is 0 Å². The Morgan fingerprint density at radius 3 is 2.73 bits per heavy atom. The van der Waals surface area contributed by atoms with Gasteiger partial charge in [0.05, 0.1) is 15.2 Å². The molecule has 2 N–H and O–H groups in total. The van der Waals surface area contributed by atoms with E-state index in [0.29, 0.717) is 0 Å². The number of rotatable bonds is 2. The smallest absolute Gasteiger partial charge is 0.0956 e. The second kappa shape index (κ2) is 3.58. The lowest BCUT2D eigenvalue weighted by atomic mass is 10.0. The van der Waals surface area contributed by atoms with Crippen molar-refractivity contribution in [2.24, 2.45) is 5.73 Å².